The molecule has 3 aromatic carbocycles. The van der Waals surface area contributed by atoms with Gasteiger partial charge in [0.05, 0.1) is 11.6 Å². The molecule has 0 fully saturated rings. The van der Waals surface area contributed by atoms with Crippen molar-refractivity contribution < 1.29 is 14.3 Å². The zero-order valence-corrected chi connectivity index (χ0v) is 17.1. The lowest BCUT2D eigenvalue weighted by molar-refractivity contribution is -0.138. The topological polar surface area (TPSA) is 74.0 Å². The van der Waals surface area contributed by atoms with Crippen LogP contribution in [-0.2, 0) is 4.79 Å². The maximum atomic E-state index is 14.1. The summed E-state index contributed by atoms with van der Waals surface area (Å²) in [7, 11) is 0. The Bertz CT molecular complexity index is 1360. The Morgan fingerprint density at radius 2 is 1.81 bits per heavy atom. The summed E-state index contributed by atoms with van der Waals surface area (Å²) in [5, 5.41) is 21.9. The van der Waals surface area contributed by atoms with E-state index in [1.165, 1.54) is 23.9 Å². The summed E-state index contributed by atoms with van der Waals surface area (Å²) in [6.07, 6.45) is 3.45. The van der Waals surface area contributed by atoms with Crippen molar-refractivity contribution in [3.63, 3.8) is 0 Å². The maximum Gasteiger partial charge on any atom is 0.319 e. The highest BCUT2D eigenvalue weighted by Crippen LogP contribution is 2.39. The number of carbonyl (C=O) groups is 1. The van der Waals surface area contributed by atoms with Crippen molar-refractivity contribution in [1.29, 1.82) is 5.26 Å². The van der Waals surface area contributed by atoms with Crippen LogP contribution in [0.1, 0.15) is 26.8 Å². The smallest absolute Gasteiger partial charge is 0.319 e. The number of hydrogen-bond donors (Lipinski definition) is 1. The molecule has 0 unspecified atom stereocenters. The van der Waals surface area contributed by atoms with E-state index >= 15 is 0 Å². The number of hydrogen-bond acceptors (Lipinski definition) is 4. The quantitative estimate of drug-likeness (QED) is 0.365. The molecule has 0 amide bonds. The minimum absolute atomic E-state index is 0. The Morgan fingerprint density at radius 3 is 2.52 bits per heavy atom. The predicted molar refractivity (Wildman–Crippen MR) is 124 cm³/mol. The van der Waals surface area contributed by atoms with Crippen LogP contribution in [0, 0.1) is 17.1 Å². The summed E-state index contributed by atoms with van der Waals surface area (Å²) in [4.78, 5) is 16.7. The van der Waals surface area contributed by atoms with Crippen LogP contribution in [0.15, 0.2) is 65.8 Å². The normalized spacial score (nSPS) is 11.2. The molecule has 1 heterocycles. The molecule has 0 atom stereocenters. The van der Waals surface area contributed by atoms with Gasteiger partial charge >= 0.3 is 5.97 Å². The predicted octanol–water partition coefficient (Wildman–Crippen LogP) is 6.66. The molecule has 0 radical (unpaired) electrons. The van der Waals surface area contributed by atoms with Crippen LogP contribution in [0.5, 0.6) is 0 Å². The highest BCUT2D eigenvalue weighted by atomic mass is 32.2. The first kappa shape index (κ1) is 22.3. The second-order valence-corrected chi connectivity index (χ2v) is 9.15. The van der Waals surface area contributed by atoms with Gasteiger partial charge < -0.3 is 5.11 Å². The van der Waals surface area contributed by atoms with Gasteiger partial charge in [-0.05, 0) is 60.5 Å². The third-order valence-electron chi connectivity index (χ3n) is 5.01. The SMILES string of the molecule is C.CC(C)(Sc1ccc2cncc(-c3ccc(C#N)c4ccc(F)cc34)c2c1)C(=O)O. The van der Waals surface area contributed by atoms with E-state index in [2.05, 4.69) is 11.1 Å². The zero-order valence-electron chi connectivity index (χ0n) is 16.3. The molecule has 0 saturated heterocycles. The fourth-order valence-electron chi connectivity index (χ4n) is 3.41. The molecular formula is C25H21FN2O2S. The van der Waals surface area contributed by atoms with Crippen LogP contribution in [0.3, 0.4) is 0 Å². The van der Waals surface area contributed by atoms with Gasteiger partial charge in [0.25, 0.3) is 0 Å². The third kappa shape index (κ3) is 4.10. The lowest BCUT2D eigenvalue weighted by atomic mass is 9.93. The number of nitrogens with zero attached hydrogens (tertiary/aromatic N) is 2. The van der Waals surface area contributed by atoms with Crippen molar-refractivity contribution >= 4 is 39.3 Å². The summed E-state index contributed by atoms with van der Waals surface area (Å²) in [6.45, 7) is 3.32. The second kappa shape index (κ2) is 8.37. The van der Waals surface area contributed by atoms with Crippen molar-refractivity contribution in [2.45, 2.75) is 30.9 Å². The van der Waals surface area contributed by atoms with E-state index in [-0.39, 0.29) is 13.2 Å². The van der Waals surface area contributed by atoms with E-state index < -0.39 is 10.7 Å². The Labute approximate surface area is 184 Å². The number of pyridine rings is 1. The fourth-order valence-corrected chi connectivity index (χ4v) is 4.40. The van der Waals surface area contributed by atoms with Crippen LogP contribution in [0.25, 0.3) is 32.7 Å². The van der Waals surface area contributed by atoms with Gasteiger partial charge in [0.1, 0.15) is 10.6 Å². The average molecular weight is 433 g/mol. The minimum Gasteiger partial charge on any atom is -0.480 e. The van der Waals surface area contributed by atoms with Crippen LogP contribution in [0.4, 0.5) is 4.39 Å². The Hall–Kier alpha value is -3.43. The number of nitriles is 1. The van der Waals surface area contributed by atoms with Crippen LogP contribution in [-0.4, -0.2) is 20.8 Å². The van der Waals surface area contributed by atoms with Crippen LogP contribution in [0.2, 0.25) is 0 Å². The number of benzene rings is 3. The molecule has 6 heteroatoms. The summed E-state index contributed by atoms with van der Waals surface area (Å²) >= 11 is 1.26. The van der Waals surface area contributed by atoms with E-state index in [4.69, 9.17) is 0 Å². The molecule has 0 aliphatic carbocycles. The number of carboxylic acids is 1. The number of rotatable bonds is 4. The monoisotopic (exact) mass is 432 g/mol. The van der Waals surface area contributed by atoms with Crippen molar-refractivity contribution in [2.75, 3.05) is 0 Å². The summed E-state index contributed by atoms with van der Waals surface area (Å²) in [6, 6.07) is 15.8. The molecule has 1 aromatic heterocycles. The molecule has 0 aliphatic heterocycles. The molecule has 4 nitrogen and oxygen atoms in total. The Kier molecular flexibility index (Phi) is 6.01. The minimum atomic E-state index is -0.981. The molecule has 4 rings (SSSR count). The van der Waals surface area contributed by atoms with Gasteiger partial charge in [-0.2, -0.15) is 5.26 Å². The van der Waals surface area contributed by atoms with Crippen LogP contribution < -0.4 is 0 Å². The number of thioether (sulfide) groups is 1. The van der Waals surface area contributed by atoms with E-state index in [0.717, 1.165) is 26.8 Å². The van der Waals surface area contributed by atoms with E-state index in [1.54, 1.807) is 44.4 Å². The number of aliphatic carboxylic acids is 1. The van der Waals surface area contributed by atoms with Gasteiger partial charge in [0.2, 0.25) is 0 Å². The van der Waals surface area contributed by atoms with E-state index in [1.807, 2.05) is 18.2 Å². The second-order valence-electron chi connectivity index (χ2n) is 7.45. The van der Waals surface area contributed by atoms with Gasteiger partial charge in [0, 0.05) is 33.6 Å². The highest BCUT2D eigenvalue weighted by molar-refractivity contribution is 8.01. The summed E-state index contributed by atoms with van der Waals surface area (Å²) in [5.41, 5.74) is 2.03. The van der Waals surface area contributed by atoms with Crippen molar-refractivity contribution in [3.8, 4) is 17.2 Å². The van der Waals surface area contributed by atoms with Crippen LogP contribution >= 0.6 is 11.8 Å². The molecule has 1 N–H and O–H groups in total. The van der Waals surface area contributed by atoms with Gasteiger partial charge in [-0.3, -0.25) is 9.78 Å². The van der Waals surface area contributed by atoms with Gasteiger partial charge in [0.15, 0.2) is 0 Å². The zero-order chi connectivity index (χ0) is 21.5. The molecule has 0 aliphatic rings. The molecule has 0 spiro atoms. The number of carboxylic acid groups (broad SMARTS) is 1. The molecule has 4 aromatic rings. The van der Waals surface area contributed by atoms with Gasteiger partial charge in [-0.25, -0.2) is 4.39 Å². The molecule has 31 heavy (non-hydrogen) atoms. The molecule has 0 bridgehead atoms. The van der Waals surface area contributed by atoms with Crippen molar-refractivity contribution in [2.24, 2.45) is 0 Å². The molecule has 156 valence electrons. The molecule has 0 saturated carbocycles. The summed E-state index contributed by atoms with van der Waals surface area (Å²) < 4.78 is 13.1. The first-order valence-electron chi connectivity index (χ1n) is 9.23. The molecular weight excluding hydrogens is 411 g/mol. The highest BCUT2D eigenvalue weighted by Gasteiger charge is 2.28. The lowest BCUT2D eigenvalue weighted by Gasteiger charge is -2.19. The third-order valence-corrected chi connectivity index (χ3v) is 6.18. The number of halogens is 1. The standard InChI is InChI=1S/C24H17FN2O2S.CH4/c1-24(2,23(28)29)30-17-6-3-15-12-27-13-22(20(15)10-17)19-7-4-14(11-26)18-8-5-16(25)9-21(18)19;/h3-10,12-13H,1-2H3,(H,28,29);1H4. The van der Waals surface area contributed by atoms with Crippen molar-refractivity contribution in [3.05, 3.63) is 72.3 Å². The summed E-state index contributed by atoms with van der Waals surface area (Å²) in [5.74, 6) is -1.28. The average Bonchev–Trinajstić information content (AvgIpc) is 2.72. The van der Waals surface area contributed by atoms with E-state index in [9.17, 15) is 19.6 Å². The van der Waals surface area contributed by atoms with E-state index in [0.29, 0.717) is 16.3 Å². The van der Waals surface area contributed by atoms with Gasteiger partial charge in [-0.15, -0.1) is 11.8 Å². The largest absolute Gasteiger partial charge is 0.480 e. The Balaban J connectivity index is 0.00000272. The maximum absolute atomic E-state index is 14.1. The first-order chi connectivity index (χ1) is 14.3. The number of fused-ring (bicyclic) bond motifs is 2. The van der Waals surface area contributed by atoms with Gasteiger partial charge in [-0.1, -0.05) is 25.6 Å². The fraction of sp³-hybridized carbons (Fsp3) is 0.160. The number of aromatic nitrogens is 1. The Morgan fingerprint density at radius 1 is 1.03 bits per heavy atom. The first-order valence-corrected chi connectivity index (χ1v) is 10.0. The lowest BCUT2D eigenvalue weighted by Crippen LogP contribution is -2.26. The van der Waals surface area contributed by atoms with Crippen molar-refractivity contribution in [1.82, 2.24) is 4.98 Å².